The van der Waals surface area contributed by atoms with Gasteiger partial charge in [0.05, 0.1) is 17.7 Å². The highest BCUT2D eigenvalue weighted by atomic mass is 32.2. The second kappa shape index (κ2) is 7.03. The first-order chi connectivity index (χ1) is 12.0. The van der Waals surface area contributed by atoms with Crippen molar-refractivity contribution in [2.45, 2.75) is 6.92 Å². The van der Waals surface area contributed by atoms with Crippen molar-refractivity contribution < 1.29 is 14.6 Å². The Kier molecular flexibility index (Phi) is 4.81. The molecule has 6 heteroatoms. The standard InChI is InChI=1S/C19H18N2O3S/c1-12-7-4-5-9-14(12)20-18-16(19(23)24-3)17(22)15(25-18)11-13-8-6-10-21(13)2/h4-11,22H,1-3H3/b15-11+,20-18?. The Labute approximate surface area is 150 Å². The summed E-state index contributed by atoms with van der Waals surface area (Å²) < 4.78 is 6.75. The molecule has 1 aliphatic heterocycles. The average molecular weight is 354 g/mol. The Hall–Kier alpha value is -2.73. The highest BCUT2D eigenvalue weighted by Gasteiger charge is 2.33. The van der Waals surface area contributed by atoms with E-state index in [4.69, 9.17) is 4.74 Å². The van der Waals surface area contributed by atoms with Crippen LogP contribution in [0.5, 0.6) is 0 Å². The zero-order valence-corrected chi connectivity index (χ0v) is 15.0. The molecular weight excluding hydrogens is 336 g/mol. The van der Waals surface area contributed by atoms with Gasteiger partial charge in [-0.3, -0.25) is 0 Å². The first-order valence-electron chi connectivity index (χ1n) is 7.68. The van der Waals surface area contributed by atoms with Crippen molar-refractivity contribution in [3.63, 3.8) is 0 Å². The van der Waals surface area contributed by atoms with Crippen LogP contribution < -0.4 is 0 Å². The largest absolute Gasteiger partial charge is 0.506 e. The molecule has 1 aromatic heterocycles. The summed E-state index contributed by atoms with van der Waals surface area (Å²) in [5.41, 5.74) is 2.74. The first kappa shape index (κ1) is 17.1. The van der Waals surface area contributed by atoms with Crippen molar-refractivity contribution >= 4 is 34.5 Å². The molecule has 0 unspecified atom stereocenters. The molecule has 0 saturated carbocycles. The molecule has 5 nitrogen and oxygen atoms in total. The van der Waals surface area contributed by atoms with E-state index < -0.39 is 5.97 Å². The second-order valence-electron chi connectivity index (χ2n) is 5.57. The quantitative estimate of drug-likeness (QED) is 0.842. The van der Waals surface area contributed by atoms with E-state index in [0.717, 1.165) is 16.9 Å². The normalized spacial score (nSPS) is 17.6. The number of hydrogen-bond donors (Lipinski definition) is 1. The number of aliphatic hydroxyl groups is 1. The lowest BCUT2D eigenvalue weighted by Gasteiger charge is -2.03. The molecule has 1 aliphatic rings. The molecule has 25 heavy (non-hydrogen) atoms. The summed E-state index contributed by atoms with van der Waals surface area (Å²) in [5.74, 6) is -0.710. The Balaban J connectivity index is 2.08. The maximum absolute atomic E-state index is 12.2. The summed E-state index contributed by atoms with van der Waals surface area (Å²) in [6.07, 6.45) is 3.74. The summed E-state index contributed by atoms with van der Waals surface area (Å²) in [5, 5.41) is 11.0. The number of aromatic nitrogens is 1. The SMILES string of the molecule is COC(=O)C1=C(O)/C(=C\c2cccn2C)SC1=Nc1ccccc1C. The fourth-order valence-electron chi connectivity index (χ4n) is 2.45. The van der Waals surface area contributed by atoms with Gasteiger partial charge in [0.15, 0.2) is 0 Å². The number of methoxy groups -OCH3 is 1. The number of hydrogen-bond acceptors (Lipinski definition) is 5. The number of aliphatic imine (C=N–C) groups is 1. The van der Waals surface area contributed by atoms with Gasteiger partial charge in [0.25, 0.3) is 0 Å². The number of rotatable bonds is 3. The van der Waals surface area contributed by atoms with Crippen LogP contribution in [0.1, 0.15) is 11.3 Å². The number of carbonyl (C=O) groups is 1. The van der Waals surface area contributed by atoms with Crippen molar-refractivity contribution in [2.24, 2.45) is 12.0 Å². The van der Waals surface area contributed by atoms with Gasteiger partial charge in [0, 0.05) is 18.9 Å². The zero-order chi connectivity index (χ0) is 18.0. The van der Waals surface area contributed by atoms with Crippen molar-refractivity contribution in [1.29, 1.82) is 0 Å². The fourth-order valence-corrected chi connectivity index (χ4v) is 3.46. The van der Waals surface area contributed by atoms with Crippen LogP contribution in [-0.4, -0.2) is 27.8 Å². The Morgan fingerprint density at radius 2 is 2.04 bits per heavy atom. The lowest BCUT2D eigenvalue weighted by atomic mass is 10.2. The first-order valence-corrected chi connectivity index (χ1v) is 8.50. The van der Waals surface area contributed by atoms with E-state index >= 15 is 0 Å². The monoisotopic (exact) mass is 354 g/mol. The maximum atomic E-state index is 12.2. The van der Waals surface area contributed by atoms with Crippen LogP contribution in [0.2, 0.25) is 0 Å². The zero-order valence-electron chi connectivity index (χ0n) is 14.2. The van der Waals surface area contributed by atoms with Gasteiger partial charge in [-0.05, 0) is 36.8 Å². The highest BCUT2D eigenvalue weighted by molar-refractivity contribution is 8.18. The molecule has 0 atom stereocenters. The number of esters is 1. The van der Waals surface area contributed by atoms with E-state index in [0.29, 0.717) is 9.95 Å². The number of thioether (sulfide) groups is 1. The highest BCUT2D eigenvalue weighted by Crippen LogP contribution is 2.40. The molecule has 0 aliphatic carbocycles. The van der Waals surface area contributed by atoms with Crippen molar-refractivity contribution in [1.82, 2.24) is 4.57 Å². The number of aliphatic hydroxyl groups excluding tert-OH is 1. The van der Waals surface area contributed by atoms with Crippen LogP contribution in [0.25, 0.3) is 6.08 Å². The number of nitrogens with zero attached hydrogens (tertiary/aromatic N) is 2. The average Bonchev–Trinajstić information content (AvgIpc) is 3.13. The predicted octanol–water partition coefficient (Wildman–Crippen LogP) is 4.14. The maximum Gasteiger partial charge on any atom is 0.344 e. The van der Waals surface area contributed by atoms with Crippen molar-refractivity contribution in [3.05, 3.63) is 70.1 Å². The van der Waals surface area contributed by atoms with E-state index in [1.807, 2.05) is 67.2 Å². The molecule has 0 spiro atoms. The molecule has 1 N–H and O–H groups in total. The molecule has 0 radical (unpaired) electrons. The topological polar surface area (TPSA) is 63.8 Å². The lowest BCUT2D eigenvalue weighted by Crippen LogP contribution is -2.10. The van der Waals surface area contributed by atoms with Crippen LogP contribution in [-0.2, 0) is 16.6 Å². The molecule has 0 bridgehead atoms. The Bertz CT molecular complexity index is 922. The van der Waals surface area contributed by atoms with Crippen LogP contribution >= 0.6 is 11.8 Å². The molecule has 0 saturated heterocycles. The number of para-hydroxylation sites is 1. The predicted molar refractivity (Wildman–Crippen MR) is 101 cm³/mol. The van der Waals surface area contributed by atoms with Crippen LogP contribution in [0, 0.1) is 6.92 Å². The van der Waals surface area contributed by atoms with Crippen LogP contribution in [0.4, 0.5) is 5.69 Å². The molecule has 2 aromatic rings. The third-order valence-corrected chi connectivity index (χ3v) is 4.90. The number of carbonyl (C=O) groups excluding carboxylic acids is 1. The lowest BCUT2D eigenvalue weighted by molar-refractivity contribution is -0.135. The van der Waals surface area contributed by atoms with Gasteiger partial charge in [-0.2, -0.15) is 0 Å². The minimum Gasteiger partial charge on any atom is -0.506 e. The smallest absolute Gasteiger partial charge is 0.344 e. The molecule has 1 aromatic carbocycles. The molecule has 128 valence electrons. The van der Waals surface area contributed by atoms with Gasteiger partial charge in [-0.1, -0.05) is 30.0 Å². The van der Waals surface area contributed by atoms with Gasteiger partial charge in [0.2, 0.25) is 0 Å². The van der Waals surface area contributed by atoms with Gasteiger partial charge in [-0.25, -0.2) is 9.79 Å². The van der Waals surface area contributed by atoms with Crippen LogP contribution in [0.15, 0.2) is 63.8 Å². The molecule has 2 heterocycles. The number of aryl methyl sites for hydroxylation is 2. The molecule has 3 rings (SSSR count). The number of benzene rings is 1. The summed E-state index contributed by atoms with van der Waals surface area (Å²) in [4.78, 5) is 17.3. The summed E-state index contributed by atoms with van der Waals surface area (Å²) in [6, 6.07) is 11.5. The number of ether oxygens (including phenoxy) is 1. The minimum atomic E-state index is -0.604. The van der Waals surface area contributed by atoms with E-state index in [2.05, 4.69) is 4.99 Å². The van der Waals surface area contributed by atoms with E-state index in [1.165, 1.54) is 18.9 Å². The third kappa shape index (κ3) is 3.39. The Morgan fingerprint density at radius 1 is 1.28 bits per heavy atom. The van der Waals surface area contributed by atoms with E-state index in [-0.39, 0.29) is 11.3 Å². The molecule has 0 amide bonds. The summed E-state index contributed by atoms with van der Waals surface area (Å²) in [7, 11) is 3.20. The van der Waals surface area contributed by atoms with E-state index in [1.54, 1.807) is 0 Å². The van der Waals surface area contributed by atoms with Gasteiger partial charge < -0.3 is 14.4 Å². The van der Waals surface area contributed by atoms with Crippen molar-refractivity contribution in [2.75, 3.05) is 7.11 Å². The fraction of sp³-hybridized carbons (Fsp3) is 0.158. The third-order valence-electron chi connectivity index (χ3n) is 3.88. The minimum absolute atomic E-state index is 0.0937. The molecular formula is C19H18N2O3S. The Morgan fingerprint density at radius 3 is 2.68 bits per heavy atom. The molecule has 0 fully saturated rings. The summed E-state index contributed by atoms with van der Waals surface area (Å²) >= 11 is 1.25. The van der Waals surface area contributed by atoms with E-state index in [9.17, 15) is 9.90 Å². The van der Waals surface area contributed by atoms with Gasteiger partial charge >= 0.3 is 5.97 Å². The summed E-state index contributed by atoms with van der Waals surface area (Å²) in [6.45, 7) is 1.95. The van der Waals surface area contributed by atoms with Crippen molar-refractivity contribution in [3.8, 4) is 0 Å². The van der Waals surface area contributed by atoms with Gasteiger partial charge in [0.1, 0.15) is 16.4 Å². The van der Waals surface area contributed by atoms with Crippen LogP contribution in [0.3, 0.4) is 0 Å². The second-order valence-corrected chi connectivity index (χ2v) is 6.60. The van der Waals surface area contributed by atoms with Gasteiger partial charge in [-0.15, -0.1) is 0 Å².